The minimum absolute atomic E-state index is 0.00721. The van der Waals surface area contributed by atoms with E-state index in [2.05, 4.69) is 39.1 Å². The van der Waals surface area contributed by atoms with Crippen molar-refractivity contribution in [3.8, 4) is 23.0 Å². The fourth-order valence-corrected chi connectivity index (χ4v) is 2.66. The van der Waals surface area contributed by atoms with E-state index >= 15 is 0 Å². The topological polar surface area (TPSA) is 179 Å². The van der Waals surface area contributed by atoms with Gasteiger partial charge in [-0.25, -0.2) is 29.0 Å². The normalized spacial score (nSPS) is 10.0. The van der Waals surface area contributed by atoms with Crippen LogP contribution in [0, 0.1) is 0 Å². The maximum atomic E-state index is 12.0. The van der Waals surface area contributed by atoms with Crippen LogP contribution in [0.3, 0.4) is 0 Å². The van der Waals surface area contributed by atoms with Gasteiger partial charge in [-0.1, -0.05) is 0 Å². The van der Waals surface area contributed by atoms with Gasteiger partial charge in [-0.05, 0) is 37.1 Å². The van der Waals surface area contributed by atoms with Crippen LogP contribution in [0.4, 0.5) is 9.59 Å². The first-order valence-corrected chi connectivity index (χ1v) is 11.2. The Hall–Kier alpha value is -4.96. The Bertz CT molecular complexity index is 1010. The number of hydrogen-bond acceptors (Lipinski definition) is 16. The molecule has 2 aromatic carbocycles. The van der Waals surface area contributed by atoms with Gasteiger partial charge < -0.3 is 28.4 Å². The summed E-state index contributed by atoms with van der Waals surface area (Å²) in [5.41, 5.74) is 0.0144. The number of rotatable bonds is 15. The van der Waals surface area contributed by atoms with Crippen LogP contribution in [0.25, 0.3) is 0 Å². The Morgan fingerprint density at radius 3 is 1.12 bits per heavy atom. The Morgan fingerprint density at radius 2 is 0.825 bits per heavy atom. The summed E-state index contributed by atoms with van der Waals surface area (Å²) in [7, 11) is 5.59. The Balaban J connectivity index is 1.54. The van der Waals surface area contributed by atoms with Gasteiger partial charge >= 0.3 is 24.2 Å². The van der Waals surface area contributed by atoms with Crippen LogP contribution < -0.4 is 18.9 Å². The van der Waals surface area contributed by atoms with Crippen LogP contribution in [0.5, 0.6) is 23.0 Å². The summed E-state index contributed by atoms with van der Waals surface area (Å²) in [6.45, 7) is -0.306. The first-order chi connectivity index (χ1) is 19.3. The second-order valence-electron chi connectivity index (χ2n) is 7.15. The summed E-state index contributed by atoms with van der Waals surface area (Å²) in [5.74, 6) is -0.686. The van der Waals surface area contributed by atoms with E-state index in [1.54, 1.807) is 0 Å². The predicted molar refractivity (Wildman–Crippen MR) is 126 cm³/mol. The molecule has 2 aromatic rings. The van der Waals surface area contributed by atoms with Crippen LogP contribution in [0.2, 0.25) is 0 Å². The molecule has 0 fully saturated rings. The number of methoxy groups -OCH3 is 4. The van der Waals surface area contributed by atoms with Crippen LogP contribution in [0.1, 0.15) is 33.6 Å². The summed E-state index contributed by atoms with van der Waals surface area (Å²) in [4.78, 5) is 64.0. The number of ether oxygens (including phenoxy) is 6. The predicted octanol–water partition coefficient (Wildman–Crippen LogP) is 3.51. The molecule has 0 aliphatic heterocycles. The van der Waals surface area contributed by atoms with Gasteiger partial charge in [0.25, 0.3) is 0 Å². The lowest BCUT2D eigenvalue weighted by molar-refractivity contribution is -0.452. The molecular weight excluding hydrogens is 544 g/mol. The fraction of sp³-hybridized carbons (Fsp3) is 0.333. The summed E-state index contributed by atoms with van der Waals surface area (Å²) in [6.07, 6.45) is -2.11. The zero-order valence-corrected chi connectivity index (χ0v) is 21.8. The van der Waals surface area contributed by atoms with Crippen molar-refractivity contribution in [2.24, 2.45) is 0 Å². The lowest BCUT2D eigenvalue weighted by Crippen LogP contribution is -2.14. The van der Waals surface area contributed by atoms with Crippen molar-refractivity contribution in [1.29, 1.82) is 0 Å². The molecule has 0 radical (unpaired) electrons. The lowest BCUT2D eigenvalue weighted by Gasteiger charge is -2.08. The molecule has 40 heavy (non-hydrogen) atoms. The fourth-order valence-electron chi connectivity index (χ4n) is 2.66. The number of carbonyl (C=O) groups is 4. The van der Waals surface area contributed by atoms with E-state index in [1.165, 1.54) is 64.8 Å². The lowest BCUT2D eigenvalue weighted by atomic mass is 10.2. The smallest absolute Gasteiger partial charge is 0.497 e. The van der Waals surface area contributed by atoms with Crippen LogP contribution >= 0.6 is 0 Å². The zero-order valence-electron chi connectivity index (χ0n) is 21.8. The molecule has 0 aromatic heterocycles. The van der Waals surface area contributed by atoms with E-state index < -0.39 is 24.2 Å². The van der Waals surface area contributed by atoms with Gasteiger partial charge in [0.1, 0.15) is 23.0 Å². The Labute approximate surface area is 227 Å². The number of benzene rings is 2. The first kappa shape index (κ1) is 31.3. The molecule has 0 atom stereocenters. The maximum Gasteiger partial charge on any atom is 0.543 e. The number of hydrogen-bond donors (Lipinski definition) is 0. The molecule has 0 aliphatic rings. The maximum absolute atomic E-state index is 12.0. The molecule has 0 aliphatic carbocycles. The highest BCUT2D eigenvalue weighted by Crippen LogP contribution is 2.24. The van der Waals surface area contributed by atoms with Gasteiger partial charge in [0.05, 0.1) is 62.9 Å². The molecule has 0 saturated carbocycles. The first-order valence-electron chi connectivity index (χ1n) is 11.2. The largest absolute Gasteiger partial charge is 0.543 e. The molecule has 0 bridgehead atoms. The van der Waals surface area contributed by atoms with Gasteiger partial charge in [-0.3, -0.25) is 9.78 Å². The van der Waals surface area contributed by atoms with Crippen LogP contribution in [-0.2, 0) is 39.1 Å². The van der Waals surface area contributed by atoms with Crippen molar-refractivity contribution in [3.05, 3.63) is 47.5 Å². The quantitative estimate of drug-likeness (QED) is 0.131. The van der Waals surface area contributed by atoms with Gasteiger partial charge in [-0.2, -0.15) is 0 Å². The molecule has 0 unspecified atom stereocenters. The summed E-state index contributed by atoms with van der Waals surface area (Å²) in [5, 5.41) is 8.24. The molecule has 0 N–H and O–H groups in total. The standard InChI is InChI=1S/C24H26O16/c1-29-17-9-15(10-18(13-17)30-2)21(25)35-39-37-23(27)33-7-5-6-8-34-24(28)38-40-36-22(26)16-11-19(31-3)14-20(12-16)32-4/h9-14H,5-8H2,1-4H3. The summed E-state index contributed by atoms with van der Waals surface area (Å²) < 4.78 is 29.5. The van der Waals surface area contributed by atoms with E-state index in [-0.39, 0.29) is 37.2 Å². The second kappa shape index (κ2) is 16.8. The second-order valence-corrected chi connectivity index (χ2v) is 7.15. The molecule has 218 valence electrons. The monoisotopic (exact) mass is 570 g/mol. The van der Waals surface area contributed by atoms with Gasteiger partial charge in [0.2, 0.25) is 0 Å². The highest BCUT2D eigenvalue weighted by molar-refractivity contribution is 5.90. The number of carbonyl (C=O) groups excluding carboxylic acids is 4. The molecule has 0 saturated heterocycles. The third kappa shape index (κ3) is 10.8. The van der Waals surface area contributed by atoms with Gasteiger partial charge in [0.15, 0.2) is 0 Å². The molecule has 16 heteroatoms. The van der Waals surface area contributed by atoms with Crippen molar-refractivity contribution in [2.75, 3.05) is 41.7 Å². The summed E-state index contributed by atoms with van der Waals surface area (Å²) in [6, 6.07) is 8.47. The van der Waals surface area contributed by atoms with E-state index in [9.17, 15) is 19.2 Å². The molecule has 0 heterocycles. The minimum Gasteiger partial charge on any atom is -0.497 e. The van der Waals surface area contributed by atoms with Crippen molar-refractivity contribution < 1.29 is 77.2 Å². The average Bonchev–Trinajstić information content (AvgIpc) is 2.97. The molecule has 2 rings (SSSR count). The third-order valence-corrected chi connectivity index (χ3v) is 4.58. The Kier molecular flexibility index (Phi) is 13.1. The van der Waals surface area contributed by atoms with Crippen molar-refractivity contribution in [1.82, 2.24) is 0 Å². The highest BCUT2D eigenvalue weighted by Gasteiger charge is 2.16. The van der Waals surface area contributed by atoms with Crippen LogP contribution in [-0.4, -0.2) is 65.9 Å². The van der Waals surface area contributed by atoms with E-state index in [0.29, 0.717) is 23.0 Å². The molecule has 0 spiro atoms. The average molecular weight is 570 g/mol. The van der Waals surface area contributed by atoms with Crippen LogP contribution in [0.15, 0.2) is 36.4 Å². The van der Waals surface area contributed by atoms with Crippen molar-refractivity contribution >= 4 is 24.2 Å². The molecule has 16 nitrogen and oxygen atoms in total. The van der Waals surface area contributed by atoms with E-state index in [1.807, 2.05) is 0 Å². The third-order valence-electron chi connectivity index (χ3n) is 4.58. The van der Waals surface area contributed by atoms with Crippen molar-refractivity contribution in [2.45, 2.75) is 12.8 Å². The zero-order chi connectivity index (χ0) is 29.3. The van der Waals surface area contributed by atoms with E-state index in [4.69, 9.17) is 18.9 Å². The Morgan fingerprint density at radius 1 is 0.500 bits per heavy atom. The highest BCUT2D eigenvalue weighted by atomic mass is 17.5. The number of unbranched alkanes of at least 4 members (excludes halogenated alkanes) is 1. The van der Waals surface area contributed by atoms with Crippen molar-refractivity contribution in [3.63, 3.8) is 0 Å². The summed E-state index contributed by atoms with van der Waals surface area (Å²) >= 11 is 0. The van der Waals surface area contributed by atoms with Gasteiger partial charge in [-0.15, -0.1) is 0 Å². The molecule has 0 amide bonds. The van der Waals surface area contributed by atoms with E-state index in [0.717, 1.165) is 0 Å². The molecular formula is C24H26O16. The minimum atomic E-state index is -1.29. The SMILES string of the molecule is COc1cc(OC)cc(C(=O)OOOC(=O)OCCCCOC(=O)OOOC(=O)c2cc(OC)cc(OC)c2)c1. The van der Waals surface area contributed by atoms with Gasteiger partial charge in [0, 0.05) is 12.1 Å².